The van der Waals surface area contributed by atoms with Crippen LogP contribution in [0.2, 0.25) is 0 Å². The molecule has 6 nitrogen and oxygen atoms in total. The zero-order valence-corrected chi connectivity index (χ0v) is 18.7. The highest BCUT2D eigenvalue weighted by atomic mass is 32.1. The number of anilines is 2. The number of hydrogen-bond acceptors (Lipinski definition) is 6. The molecule has 0 radical (unpaired) electrons. The van der Waals surface area contributed by atoms with Gasteiger partial charge < -0.3 is 10.2 Å². The Labute approximate surface area is 188 Å². The lowest BCUT2D eigenvalue weighted by Crippen LogP contribution is -2.46. The molecular formula is C22H24F3N5OS. The van der Waals surface area contributed by atoms with E-state index in [1.165, 1.54) is 29.8 Å². The molecule has 32 heavy (non-hydrogen) atoms. The van der Waals surface area contributed by atoms with E-state index in [9.17, 15) is 18.0 Å². The number of aromatic nitrogens is 2. The summed E-state index contributed by atoms with van der Waals surface area (Å²) < 4.78 is 39.0. The van der Waals surface area contributed by atoms with Gasteiger partial charge in [0.05, 0.1) is 15.8 Å². The van der Waals surface area contributed by atoms with Gasteiger partial charge in [0.2, 0.25) is 0 Å². The maximum Gasteiger partial charge on any atom is 0.416 e. The van der Waals surface area contributed by atoms with Crippen LogP contribution in [0.1, 0.15) is 34.1 Å². The zero-order chi connectivity index (χ0) is 22.9. The fourth-order valence-corrected chi connectivity index (χ4v) is 5.01. The van der Waals surface area contributed by atoms with Gasteiger partial charge in [0.15, 0.2) is 0 Å². The summed E-state index contributed by atoms with van der Waals surface area (Å²) in [5.41, 5.74) is 0.0276. The summed E-state index contributed by atoms with van der Waals surface area (Å²) in [5, 5.41) is 3.42. The predicted molar refractivity (Wildman–Crippen MR) is 120 cm³/mol. The van der Waals surface area contributed by atoms with Crippen LogP contribution in [0.5, 0.6) is 0 Å². The third kappa shape index (κ3) is 4.56. The van der Waals surface area contributed by atoms with E-state index in [0.29, 0.717) is 9.71 Å². The number of thiophene rings is 1. The molecule has 0 saturated carbocycles. The lowest BCUT2D eigenvalue weighted by molar-refractivity contribution is -0.137. The van der Waals surface area contributed by atoms with Crippen molar-refractivity contribution in [3.05, 3.63) is 46.6 Å². The number of alkyl halides is 3. The van der Waals surface area contributed by atoms with Crippen LogP contribution < -0.4 is 10.2 Å². The van der Waals surface area contributed by atoms with Crippen molar-refractivity contribution in [2.24, 2.45) is 0 Å². The molecule has 0 aliphatic carbocycles. The van der Waals surface area contributed by atoms with Gasteiger partial charge in [0, 0.05) is 31.9 Å². The first kappa shape index (κ1) is 22.5. The summed E-state index contributed by atoms with van der Waals surface area (Å²) in [7, 11) is 0. The minimum atomic E-state index is -4.47. The number of hydrogen-bond donors (Lipinski definition) is 1. The topological polar surface area (TPSA) is 61.4 Å². The minimum absolute atomic E-state index is 0.0973. The van der Waals surface area contributed by atoms with Gasteiger partial charge in [-0.2, -0.15) is 13.2 Å². The molecule has 0 bridgehead atoms. The standard InChI is InChI=1S/C22H24F3N5OS/c1-3-7-29-8-10-30(11-9-29)19-17-14(2)18(32-21(17)27-13-26-19)20(31)28-16-6-4-5-15(12-16)22(23,24)25/h4-6,12-13H,3,7-11H2,1-2H3,(H,28,31). The monoisotopic (exact) mass is 463 g/mol. The molecule has 1 saturated heterocycles. The maximum atomic E-state index is 13.0. The Bertz CT molecular complexity index is 1120. The molecule has 3 heterocycles. The van der Waals surface area contributed by atoms with Crippen LogP contribution in [0.3, 0.4) is 0 Å². The molecule has 0 unspecified atom stereocenters. The number of carbonyl (C=O) groups is 1. The molecule has 0 atom stereocenters. The van der Waals surface area contributed by atoms with Crippen molar-refractivity contribution in [3.63, 3.8) is 0 Å². The average molecular weight is 464 g/mol. The number of halogens is 3. The van der Waals surface area contributed by atoms with Crippen molar-refractivity contribution in [1.29, 1.82) is 0 Å². The fraction of sp³-hybridized carbons (Fsp3) is 0.409. The van der Waals surface area contributed by atoms with Crippen LogP contribution in [0.4, 0.5) is 24.7 Å². The molecule has 1 amide bonds. The summed E-state index contributed by atoms with van der Waals surface area (Å²) >= 11 is 1.23. The Balaban J connectivity index is 1.59. The third-order valence-corrected chi connectivity index (χ3v) is 6.77. The first-order valence-electron chi connectivity index (χ1n) is 10.5. The minimum Gasteiger partial charge on any atom is -0.353 e. The molecule has 1 aliphatic heterocycles. The molecule has 1 N–H and O–H groups in total. The van der Waals surface area contributed by atoms with Crippen molar-refractivity contribution in [3.8, 4) is 0 Å². The van der Waals surface area contributed by atoms with E-state index >= 15 is 0 Å². The number of piperazine rings is 1. The molecule has 10 heteroatoms. The summed E-state index contributed by atoms with van der Waals surface area (Å²) in [6.45, 7) is 8.66. The molecule has 1 fully saturated rings. The highest BCUT2D eigenvalue weighted by Crippen LogP contribution is 2.36. The van der Waals surface area contributed by atoms with E-state index in [0.717, 1.165) is 68.0 Å². The van der Waals surface area contributed by atoms with Gasteiger partial charge >= 0.3 is 6.18 Å². The van der Waals surface area contributed by atoms with Crippen molar-refractivity contribution >= 4 is 39.0 Å². The second kappa shape index (κ2) is 9.03. The Kier molecular flexibility index (Phi) is 6.34. The van der Waals surface area contributed by atoms with Gasteiger partial charge in [-0.05, 0) is 43.7 Å². The number of carbonyl (C=O) groups excluding carboxylic acids is 1. The van der Waals surface area contributed by atoms with Gasteiger partial charge in [-0.1, -0.05) is 13.0 Å². The normalized spacial score (nSPS) is 15.3. The van der Waals surface area contributed by atoms with E-state index in [1.54, 1.807) is 0 Å². The molecule has 0 spiro atoms. The van der Waals surface area contributed by atoms with Gasteiger partial charge in [0.25, 0.3) is 5.91 Å². The number of nitrogens with zero attached hydrogens (tertiary/aromatic N) is 4. The molecule has 170 valence electrons. The molecule has 2 aromatic heterocycles. The van der Waals surface area contributed by atoms with Crippen LogP contribution in [0.15, 0.2) is 30.6 Å². The Hall–Kier alpha value is -2.72. The van der Waals surface area contributed by atoms with E-state index in [1.807, 2.05) is 6.92 Å². The highest BCUT2D eigenvalue weighted by Gasteiger charge is 2.31. The van der Waals surface area contributed by atoms with Crippen molar-refractivity contribution in [1.82, 2.24) is 14.9 Å². The summed E-state index contributed by atoms with van der Waals surface area (Å²) in [6.07, 6.45) is -1.85. The fourth-order valence-electron chi connectivity index (χ4n) is 3.97. The quantitative estimate of drug-likeness (QED) is 0.589. The first-order chi connectivity index (χ1) is 15.3. The highest BCUT2D eigenvalue weighted by molar-refractivity contribution is 7.20. The van der Waals surface area contributed by atoms with E-state index in [2.05, 4.69) is 32.0 Å². The Morgan fingerprint density at radius 1 is 1.19 bits per heavy atom. The van der Waals surface area contributed by atoms with Gasteiger partial charge in [0.1, 0.15) is 17.0 Å². The second-order valence-corrected chi connectivity index (χ2v) is 8.79. The van der Waals surface area contributed by atoms with E-state index in [-0.39, 0.29) is 5.69 Å². The zero-order valence-electron chi connectivity index (χ0n) is 17.9. The van der Waals surface area contributed by atoms with Crippen LogP contribution in [0, 0.1) is 6.92 Å². The van der Waals surface area contributed by atoms with Gasteiger partial charge in [-0.15, -0.1) is 11.3 Å². The number of fused-ring (bicyclic) bond motifs is 1. The van der Waals surface area contributed by atoms with Crippen LogP contribution in [-0.4, -0.2) is 53.5 Å². The summed E-state index contributed by atoms with van der Waals surface area (Å²) in [5.74, 6) is 0.349. The molecule has 4 rings (SSSR count). The lowest BCUT2D eigenvalue weighted by Gasteiger charge is -2.35. The van der Waals surface area contributed by atoms with Crippen LogP contribution in [-0.2, 0) is 6.18 Å². The Morgan fingerprint density at radius 3 is 2.62 bits per heavy atom. The maximum absolute atomic E-state index is 13.0. The molecule has 1 aliphatic rings. The smallest absolute Gasteiger partial charge is 0.353 e. The summed E-state index contributed by atoms with van der Waals surface area (Å²) in [6, 6.07) is 4.62. The van der Waals surface area contributed by atoms with Gasteiger partial charge in [-0.3, -0.25) is 9.69 Å². The predicted octanol–water partition coefficient (Wildman–Crippen LogP) is 4.80. The number of aryl methyl sites for hydroxylation is 1. The first-order valence-corrected chi connectivity index (χ1v) is 11.3. The Morgan fingerprint density at radius 2 is 1.94 bits per heavy atom. The largest absolute Gasteiger partial charge is 0.416 e. The number of rotatable bonds is 5. The van der Waals surface area contributed by atoms with Crippen LogP contribution >= 0.6 is 11.3 Å². The van der Waals surface area contributed by atoms with E-state index in [4.69, 9.17) is 0 Å². The number of benzene rings is 1. The molecule has 1 aromatic carbocycles. The van der Waals surface area contributed by atoms with E-state index < -0.39 is 17.6 Å². The lowest BCUT2D eigenvalue weighted by atomic mass is 10.1. The number of nitrogens with one attached hydrogen (secondary N) is 1. The van der Waals surface area contributed by atoms with Crippen molar-refractivity contribution < 1.29 is 18.0 Å². The van der Waals surface area contributed by atoms with Gasteiger partial charge in [-0.25, -0.2) is 9.97 Å². The van der Waals surface area contributed by atoms with Crippen molar-refractivity contribution in [2.75, 3.05) is 42.9 Å². The molecular weight excluding hydrogens is 439 g/mol. The summed E-state index contributed by atoms with van der Waals surface area (Å²) in [4.78, 5) is 27.5. The second-order valence-electron chi connectivity index (χ2n) is 7.79. The third-order valence-electron chi connectivity index (χ3n) is 5.57. The van der Waals surface area contributed by atoms with Crippen molar-refractivity contribution in [2.45, 2.75) is 26.4 Å². The van der Waals surface area contributed by atoms with Crippen LogP contribution in [0.25, 0.3) is 10.2 Å². The molecule has 3 aromatic rings. The average Bonchev–Trinajstić information content (AvgIpc) is 3.11. The SMILES string of the molecule is CCCN1CCN(c2ncnc3sc(C(=O)Nc4cccc(C(F)(F)F)c4)c(C)c23)CC1. The number of amides is 1.